The smallest absolute Gasteiger partial charge is 0.333 e. The number of hydrogen-bond acceptors (Lipinski definition) is 6. The van der Waals surface area contributed by atoms with E-state index in [1.54, 1.807) is 13.8 Å². The van der Waals surface area contributed by atoms with E-state index in [1.165, 1.54) is 0 Å². The van der Waals surface area contributed by atoms with Gasteiger partial charge in [-0.2, -0.15) is 0 Å². The van der Waals surface area contributed by atoms with Crippen molar-refractivity contribution in [3.8, 4) is 0 Å². The Hall–Kier alpha value is -1.40. The summed E-state index contributed by atoms with van der Waals surface area (Å²) in [4.78, 5) is 22.3. The van der Waals surface area contributed by atoms with Crippen LogP contribution in [-0.4, -0.2) is 44.7 Å². The number of esters is 2. The standard InChI is InChI=1S/C13H22O6/c1-5-17-11(4)19-12(14)6-7-16-8-9-18-13(15)10(2)3/h11H,2,5-9H2,1,3-4H3. The lowest BCUT2D eigenvalue weighted by molar-refractivity contribution is -0.175. The van der Waals surface area contributed by atoms with Gasteiger partial charge in [-0.05, 0) is 20.8 Å². The average Bonchev–Trinajstić information content (AvgIpc) is 2.33. The van der Waals surface area contributed by atoms with E-state index < -0.39 is 12.3 Å². The molecule has 0 aliphatic rings. The van der Waals surface area contributed by atoms with E-state index in [2.05, 4.69) is 6.58 Å². The molecule has 0 aliphatic heterocycles. The van der Waals surface area contributed by atoms with Crippen LogP contribution in [0.2, 0.25) is 0 Å². The highest BCUT2D eigenvalue weighted by Crippen LogP contribution is 1.97. The third-order valence-corrected chi connectivity index (χ3v) is 1.96. The zero-order chi connectivity index (χ0) is 14.7. The first-order valence-corrected chi connectivity index (χ1v) is 6.18. The van der Waals surface area contributed by atoms with Gasteiger partial charge in [0.2, 0.25) is 0 Å². The van der Waals surface area contributed by atoms with Crippen LogP contribution >= 0.6 is 0 Å². The fourth-order valence-corrected chi connectivity index (χ4v) is 1.09. The van der Waals surface area contributed by atoms with Crippen molar-refractivity contribution >= 4 is 11.9 Å². The van der Waals surface area contributed by atoms with Crippen LogP contribution in [0.5, 0.6) is 0 Å². The largest absolute Gasteiger partial charge is 0.460 e. The van der Waals surface area contributed by atoms with E-state index in [4.69, 9.17) is 18.9 Å². The van der Waals surface area contributed by atoms with Crippen LogP contribution < -0.4 is 0 Å². The molecule has 6 nitrogen and oxygen atoms in total. The van der Waals surface area contributed by atoms with E-state index in [0.29, 0.717) is 12.2 Å². The molecule has 0 aromatic rings. The zero-order valence-corrected chi connectivity index (χ0v) is 11.8. The second kappa shape index (κ2) is 10.5. The fourth-order valence-electron chi connectivity index (χ4n) is 1.09. The summed E-state index contributed by atoms with van der Waals surface area (Å²) in [5, 5.41) is 0. The van der Waals surface area contributed by atoms with Gasteiger partial charge in [0.1, 0.15) is 6.61 Å². The van der Waals surface area contributed by atoms with E-state index in [-0.39, 0.29) is 32.2 Å². The molecule has 0 bridgehead atoms. The molecule has 0 fully saturated rings. The SMILES string of the molecule is C=C(C)C(=O)OCCOCCC(=O)OC(C)OCC. The zero-order valence-electron chi connectivity index (χ0n) is 11.8. The van der Waals surface area contributed by atoms with Gasteiger partial charge in [0.15, 0.2) is 6.29 Å². The molecule has 19 heavy (non-hydrogen) atoms. The lowest BCUT2D eigenvalue weighted by atomic mass is 10.4. The van der Waals surface area contributed by atoms with Crippen LogP contribution in [0, 0.1) is 0 Å². The lowest BCUT2D eigenvalue weighted by Gasteiger charge is -2.12. The second-order valence-corrected chi connectivity index (χ2v) is 3.79. The van der Waals surface area contributed by atoms with Gasteiger partial charge in [0, 0.05) is 12.2 Å². The molecular weight excluding hydrogens is 252 g/mol. The summed E-state index contributed by atoms with van der Waals surface area (Å²) in [6.07, 6.45) is -0.416. The molecule has 0 aromatic heterocycles. The minimum Gasteiger partial charge on any atom is -0.460 e. The molecule has 110 valence electrons. The Balaban J connectivity index is 3.46. The van der Waals surface area contributed by atoms with E-state index in [0.717, 1.165) is 0 Å². The third kappa shape index (κ3) is 10.2. The molecule has 0 N–H and O–H groups in total. The lowest BCUT2D eigenvalue weighted by Crippen LogP contribution is -2.19. The summed E-state index contributed by atoms with van der Waals surface area (Å²) in [5.74, 6) is -0.839. The van der Waals surface area contributed by atoms with Gasteiger partial charge in [-0.15, -0.1) is 0 Å². The molecule has 0 heterocycles. The summed E-state index contributed by atoms with van der Waals surface area (Å²) < 4.78 is 19.9. The van der Waals surface area contributed by atoms with E-state index in [1.807, 2.05) is 6.92 Å². The first-order valence-electron chi connectivity index (χ1n) is 6.18. The minimum absolute atomic E-state index is 0.131. The van der Waals surface area contributed by atoms with Gasteiger partial charge < -0.3 is 18.9 Å². The molecule has 1 unspecified atom stereocenters. The van der Waals surface area contributed by atoms with Crippen molar-refractivity contribution in [2.75, 3.05) is 26.4 Å². The summed E-state index contributed by atoms with van der Waals surface area (Å²) in [6, 6.07) is 0. The normalized spacial score (nSPS) is 11.7. The quantitative estimate of drug-likeness (QED) is 0.260. The Kier molecular flexibility index (Phi) is 9.74. The van der Waals surface area contributed by atoms with E-state index >= 15 is 0 Å². The Bertz CT molecular complexity index is 300. The maximum absolute atomic E-state index is 11.3. The Labute approximate surface area is 113 Å². The summed E-state index contributed by atoms with van der Waals surface area (Å²) >= 11 is 0. The van der Waals surface area contributed by atoms with Crippen molar-refractivity contribution in [2.45, 2.75) is 33.5 Å². The predicted molar refractivity (Wildman–Crippen MR) is 68.4 cm³/mol. The van der Waals surface area contributed by atoms with Crippen molar-refractivity contribution in [2.24, 2.45) is 0 Å². The summed E-state index contributed by atoms with van der Waals surface area (Å²) in [5.41, 5.74) is 0.341. The molecule has 0 spiro atoms. The van der Waals surface area contributed by atoms with Crippen LogP contribution in [0.15, 0.2) is 12.2 Å². The number of hydrogen-bond donors (Lipinski definition) is 0. The fraction of sp³-hybridized carbons (Fsp3) is 0.692. The van der Waals surface area contributed by atoms with Crippen molar-refractivity contribution in [1.29, 1.82) is 0 Å². The Morgan fingerprint density at radius 1 is 1.21 bits per heavy atom. The van der Waals surface area contributed by atoms with Gasteiger partial charge >= 0.3 is 11.9 Å². The van der Waals surface area contributed by atoms with Gasteiger partial charge in [-0.1, -0.05) is 6.58 Å². The minimum atomic E-state index is -0.547. The highest BCUT2D eigenvalue weighted by molar-refractivity contribution is 5.86. The number of carbonyl (C=O) groups is 2. The maximum atomic E-state index is 11.3. The molecule has 0 aliphatic carbocycles. The molecule has 0 radical (unpaired) electrons. The second-order valence-electron chi connectivity index (χ2n) is 3.79. The molecule has 0 saturated carbocycles. The monoisotopic (exact) mass is 274 g/mol. The van der Waals surface area contributed by atoms with Gasteiger partial charge in [0.25, 0.3) is 0 Å². The highest BCUT2D eigenvalue weighted by atomic mass is 16.7. The van der Waals surface area contributed by atoms with Crippen molar-refractivity contribution in [3.05, 3.63) is 12.2 Å². The van der Waals surface area contributed by atoms with Crippen molar-refractivity contribution in [1.82, 2.24) is 0 Å². The summed E-state index contributed by atoms with van der Waals surface area (Å²) in [6.45, 7) is 9.55. The topological polar surface area (TPSA) is 71.1 Å². The Morgan fingerprint density at radius 2 is 1.89 bits per heavy atom. The van der Waals surface area contributed by atoms with Gasteiger partial charge in [0.05, 0.1) is 19.6 Å². The number of ether oxygens (including phenoxy) is 4. The van der Waals surface area contributed by atoms with E-state index in [9.17, 15) is 9.59 Å². The first-order chi connectivity index (χ1) is 8.97. The van der Waals surface area contributed by atoms with Crippen LogP contribution in [0.1, 0.15) is 27.2 Å². The third-order valence-electron chi connectivity index (χ3n) is 1.96. The molecule has 1 atom stereocenters. The van der Waals surface area contributed by atoms with Gasteiger partial charge in [-0.25, -0.2) is 4.79 Å². The van der Waals surface area contributed by atoms with Gasteiger partial charge in [-0.3, -0.25) is 4.79 Å². The van der Waals surface area contributed by atoms with Crippen LogP contribution in [0.3, 0.4) is 0 Å². The predicted octanol–water partition coefficient (Wildman–Crippen LogP) is 1.44. The molecule has 0 amide bonds. The first kappa shape index (κ1) is 17.6. The van der Waals surface area contributed by atoms with Crippen LogP contribution in [0.4, 0.5) is 0 Å². The number of rotatable bonds is 10. The average molecular weight is 274 g/mol. The Morgan fingerprint density at radius 3 is 2.47 bits per heavy atom. The molecule has 0 rings (SSSR count). The highest BCUT2D eigenvalue weighted by Gasteiger charge is 2.08. The summed E-state index contributed by atoms with van der Waals surface area (Å²) in [7, 11) is 0. The molecular formula is C13H22O6. The maximum Gasteiger partial charge on any atom is 0.333 e. The molecule has 0 saturated heterocycles. The van der Waals surface area contributed by atoms with Crippen LogP contribution in [0.25, 0.3) is 0 Å². The van der Waals surface area contributed by atoms with Crippen molar-refractivity contribution in [3.63, 3.8) is 0 Å². The van der Waals surface area contributed by atoms with Crippen LogP contribution in [-0.2, 0) is 28.5 Å². The van der Waals surface area contributed by atoms with Crippen molar-refractivity contribution < 1.29 is 28.5 Å². The number of carbonyl (C=O) groups excluding carboxylic acids is 2. The molecule has 6 heteroatoms. The molecule has 0 aromatic carbocycles.